The molecule has 0 bridgehead atoms. The van der Waals surface area contributed by atoms with Crippen LogP contribution in [0.1, 0.15) is 11.1 Å². The molecule has 0 atom stereocenters. The monoisotopic (exact) mass is 271 g/mol. The molecule has 1 aliphatic carbocycles. The highest BCUT2D eigenvalue weighted by atomic mass is 79.9. The van der Waals surface area contributed by atoms with Crippen LogP contribution < -0.4 is 0 Å². The Morgan fingerprint density at radius 3 is 2.69 bits per heavy atom. The maximum absolute atomic E-state index is 3.58. The zero-order valence-electron chi connectivity index (χ0n) is 8.68. The van der Waals surface area contributed by atoms with Crippen LogP contribution in [0.2, 0.25) is 0 Å². The van der Waals surface area contributed by atoms with Crippen LogP contribution in [-0.4, -0.2) is 4.98 Å². The van der Waals surface area contributed by atoms with Crippen molar-refractivity contribution in [3.63, 3.8) is 0 Å². The third kappa shape index (κ3) is 1.00. The first kappa shape index (κ1) is 8.82. The number of hydrogen-bond donors (Lipinski definition) is 1. The molecule has 0 saturated heterocycles. The number of aromatic amines is 1. The lowest BCUT2D eigenvalue weighted by atomic mass is 9.91. The maximum atomic E-state index is 3.58. The fraction of sp³-hybridized carbons (Fsp3) is 0.143. The van der Waals surface area contributed by atoms with Crippen molar-refractivity contribution in [2.45, 2.75) is 12.8 Å². The van der Waals surface area contributed by atoms with Crippen LogP contribution in [0.4, 0.5) is 0 Å². The van der Waals surface area contributed by atoms with E-state index in [9.17, 15) is 0 Å². The standard InChI is InChI=1S/C14H10BrN/c15-10-6-9-5-4-8-2-1-3-11-13(8)14(9)12(7-10)16-11/h1-3,6-7,16H,4-5H2. The van der Waals surface area contributed by atoms with Crippen molar-refractivity contribution in [2.24, 2.45) is 0 Å². The molecule has 1 N–H and O–H groups in total. The summed E-state index contributed by atoms with van der Waals surface area (Å²) in [5.41, 5.74) is 5.48. The van der Waals surface area contributed by atoms with E-state index in [4.69, 9.17) is 0 Å². The molecule has 16 heavy (non-hydrogen) atoms. The molecular weight excluding hydrogens is 262 g/mol. The lowest BCUT2D eigenvalue weighted by Crippen LogP contribution is -1.98. The van der Waals surface area contributed by atoms with Gasteiger partial charge in [0.05, 0.1) is 0 Å². The molecule has 3 aromatic rings. The molecule has 0 amide bonds. The van der Waals surface area contributed by atoms with Gasteiger partial charge < -0.3 is 4.98 Å². The van der Waals surface area contributed by atoms with E-state index in [1.165, 1.54) is 37.4 Å². The molecule has 0 unspecified atom stereocenters. The van der Waals surface area contributed by atoms with E-state index in [1.54, 1.807) is 0 Å². The Hall–Kier alpha value is -1.28. The number of aryl methyl sites for hydroxylation is 2. The van der Waals surface area contributed by atoms with E-state index in [-0.39, 0.29) is 0 Å². The number of benzene rings is 2. The van der Waals surface area contributed by atoms with Gasteiger partial charge in [0.2, 0.25) is 0 Å². The van der Waals surface area contributed by atoms with E-state index in [0.29, 0.717) is 0 Å². The van der Waals surface area contributed by atoms with Crippen LogP contribution in [0.3, 0.4) is 0 Å². The van der Waals surface area contributed by atoms with Crippen LogP contribution in [0, 0.1) is 0 Å². The lowest BCUT2D eigenvalue weighted by Gasteiger charge is -2.13. The highest BCUT2D eigenvalue weighted by molar-refractivity contribution is 9.10. The van der Waals surface area contributed by atoms with Gasteiger partial charge in [-0.3, -0.25) is 0 Å². The minimum Gasteiger partial charge on any atom is -0.354 e. The molecule has 1 heterocycles. The van der Waals surface area contributed by atoms with Gasteiger partial charge in [0.25, 0.3) is 0 Å². The second kappa shape index (κ2) is 2.89. The Bertz CT molecular complexity index is 724. The van der Waals surface area contributed by atoms with Crippen molar-refractivity contribution in [2.75, 3.05) is 0 Å². The van der Waals surface area contributed by atoms with Gasteiger partial charge in [0, 0.05) is 26.3 Å². The first-order valence-electron chi connectivity index (χ1n) is 5.54. The van der Waals surface area contributed by atoms with E-state index in [0.717, 1.165) is 12.8 Å². The summed E-state index contributed by atoms with van der Waals surface area (Å²) >= 11 is 3.58. The van der Waals surface area contributed by atoms with Crippen molar-refractivity contribution >= 4 is 37.7 Å². The van der Waals surface area contributed by atoms with Crippen molar-refractivity contribution in [3.05, 3.63) is 45.9 Å². The third-order valence-electron chi connectivity index (χ3n) is 3.52. The number of aromatic nitrogens is 1. The Kier molecular flexibility index (Phi) is 1.59. The normalized spacial score (nSPS) is 14.1. The van der Waals surface area contributed by atoms with Gasteiger partial charge in [-0.15, -0.1) is 0 Å². The zero-order chi connectivity index (χ0) is 10.7. The molecule has 0 fully saturated rings. The number of halogens is 1. The van der Waals surface area contributed by atoms with Crippen molar-refractivity contribution < 1.29 is 0 Å². The molecule has 1 nitrogen and oxygen atoms in total. The zero-order valence-corrected chi connectivity index (χ0v) is 10.3. The Balaban J connectivity index is 2.37. The lowest BCUT2D eigenvalue weighted by molar-refractivity contribution is 0.968. The van der Waals surface area contributed by atoms with Gasteiger partial charge in [-0.1, -0.05) is 28.1 Å². The molecule has 4 rings (SSSR count). The van der Waals surface area contributed by atoms with Gasteiger partial charge >= 0.3 is 0 Å². The van der Waals surface area contributed by atoms with Crippen molar-refractivity contribution in [1.29, 1.82) is 0 Å². The number of nitrogens with one attached hydrogen (secondary N) is 1. The minimum absolute atomic E-state index is 1.15. The van der Waals surface area contributed by atoms with Crippen LogP contribution in [-0.2, 0) is 12.8 Å². The summed E-state index contributed by atoms with van der Waals surface area (Å²) in [4.78, 5) is 3.51. The van der Waals surface area contributed by atoms with Crippen molar-refractivity contribution in [3.8, 4) is 0 Å². The molecule has 0 saturated carbocycles. The molecule has 0 radical (unpaired) electrons. The highest BCUT2D eigenvalue weighted by Crippen LogP contribution is 2.37. The number of H-pyrrole nitrogens is 1. The smallest absolute Gasteiger partial charge is 0.0479 e. The largest absolute Gasteiger partial charge is 0.354 e. The number of hydrogen-bond acceptors (Lipinski definition) is 0. The maximum Gasteiger partial charge on any atom is 0.0479 e. The summed E-state index contributed by atoms with van der Waals surface area (Å²) in [5, 5.41) is 2.87. The van der Waals surface area contributed by atoms with Gasteiger partial charge in [-0.25, -0.2) is 0 Å². The van der Waals surface area contributed by atoms with E-state index >= 15 is 0 Å². The summed E-state index contributed by atoms with van der Waals surface area (Å²) in [6.45, 7) is 0. The molecular formula is C14H10BrN. The number of rotatable bonds is 0. The first-order valence-corrected chi connectivity index (χ1v) is 6.34. The van der Waals surface area contributed by atoms with E-state index in [2.05, 4.69) is 51.2 Å². The first-order chi connectivity index (χ1) is 7.83. The van der Waals surface area contributed by atoms with Gasteiger partial charge in [0.15, 0.2) is 0 Å². The topological polar surface area (TPSA) is 15.8 Å². The van der Waals surface area contributed by atoms with E-state index in [1.807, 2.05) is 0 Å². The molecule has 2 heteroatoms. The molecule has 2 aromatic carbocycles. The Morgan fingerprint density at radius 1 is 0.938 bits per heavy atom. The fourth-order valence-corrected chi connectivity index (χ4v) is 3.38. The van der Waals surface area contributed by atoms with Gasteiger partial charge in [-0.05, 0) is 42.2 Å². The second-order valence-electron chi connectivity index (χ2n) is 4.45. The average molecular weight is 272 g/mol. The van der Waals surface area contributed by atoms with Crippen LogP contribution in [0.25, 0.3) is 21.8 Å². The van der Waals surface area contributed by atoms with Crippen LogP contribution in [0.5, 0.6) is 0 Å². The fourth-order valence-electron chi connectivity index (χ4n) is 2.88. The quantitative estimate of drug-likeness (QED) is 0.631. The summed E-state index contributed by atoms with van der Waals surface area (Å²) in [6, 6.07) is 11.0. The summed E-state index contributed by atoms with van der Waals surface area (Å²) in [5.74, 6) is 0. The summed E-state index contributed by atoms with van der Waals surface area (Å²) in [6.07, 6.45) is 2.31. The predicted molar refractivity (Wildman–Crippen MR) is 70.9 cm³/mol. The third-order valence-corrected chi connectivity index (χ3v) is 3.98. The summed E-state index contributed by atoms with van der Waals surface area (Å²) < 4.78 is 1.17. The second-order valence-corrected chi connectivity index (χ2v) is 5.37. The van der Waals surface area contributed by atoms with Gasteiger partial charge in [0.1, 0.15) is 0 Å². The Labute approximate surface area is 102 Å². The Morgan fingerprint density at radius 2 is 1.75 bits per heavy atom. The van der Waals surface area contributed by atoms with E-state index < -0.39 is 0 Å². The molecule has 78 valence electrons. The average Bonchev–Trinajstić information content (AvgIpc) is 2.64. The van der Waals surface area contributed by atoms with Crippen molar-refractivity contribution in [1.82, 2.24) is 4.98 Å². The van der Waals surface area contributed by atoms with Crippen LogP contribution in [0.15, 0.2) is 34.8 Å². The molecule has 0 aliphatic heterocycles. The molecule has 0 spiro atoms. The predicted octanol–water partition coefficient (Wildman–Crippen LogP) is 4.18. The summed E-state index contributed by atoms with van der Waals surface area (Å²) in [7, 11) is 0. The highest BCUT2D eigenvalue weighted by Gasteiger charge is 2.17. The van der Waals surface area contributed by atoms with Crippen LogP contribution >= 0.6 is 15.9 Å². The SMILES string of the molecule is Brc1cc2c3c(c1)[nH]c1cccc(c13)CC2. The molecule has 1 aliphatic rings. The minimum atomic E-state index is 1.15. The van der Waals surface area contributed by atoms with Gasteiger partial charge in [-0.2, -0.15) is 0 Å². The molecule has 1 aromatic heterocycles.